The first-order chi connectivity index (χ1) is 10.6. The van der Waals surface area contributed by atoms with E-state index in [1.54, 1.807) is 6.20 Å². The average Bonchev–Trinajstić information content (AvgIpc) is 3.11. The maximum atomic E-state index is 12.5. The lowest BCUT2D eigenvalue weighted by Crippen LogP contribution is -2.41. The second-order valence-corrected chi connectivity index (χ2v) is 6.19. The third kappa shape index (κ3) is 2.84. The van der Waals surface area contributed by atoms with E-state index in [1.165, 1.54) is 0 Å². The second kappa shape index (κ2) is 6.06. The van der Waals surface area contributed by atoms with Gasteiger partial charge in [-0.1, -0.05) is 0 Å². The topological polar surface area (TPSA) is 70.2 Å². The van der Waals surface area contributed by atoms with Crippen molar-refractivity contribution in [2.75, 3.05) is 33.9 Å². The number of aryl methyl sites for hydroxylation is 1. The Labute approximate surface area is 129 Å². The number of carbonyl (C=O) groups excluding carboxylic acids is 1. The molecule has 2 heterocycles. The summed E-state index contributed by atoms with van der Waals surface area (Å²) in [5, 5.41) is 10.9. The van der Waals surface area contributed by atoms with Crippen LogP contribution < -0.4 is 5.32 Å². The second-order valence-electron chi connectivity index (χ2n) is 6.19. The molecule has 1 aromatic heterocycles. The smallest absolute Gasteiger partial charge is 0.253 e. The molecule has 0 aliphatic carbocycles. The average molecular weight is 302 g/mol. The van der Waals surface area contributed by atoms with Gasteiger partial charge < -0.3 is 15.0 Å². The third-order valence-electron chi connectivity index (χ3n) is 4.29. The van der Waals surface area contributed by atoms with Crippen LogP contribution in [-0.4, -0.2) is 60.9 Å². The van der Waals surface area contributed by atoms with Crippen molar-refractivity contribution < 1.29 is 9.53 Å². The van der Waals surface area contributed by atoms with Crippen LogP contribution in [0.3, 0.4) is 0 Å². The molecule has 0 radical (unpaired) electrons. The maximum Gasteiger partial charge on any atom is 0.253 e. The molecule has 0 unspecified atom stereocenters. The molecule has 6 nitrogen and oxygen atoms in total. The highest BCUT2D eigenvalue weighted by molar-refractivity contribution is 6.05. The van der Waals surface area contributed by atoms with Gasteiger partial charge >= 0.3 is 0 Å². The predicted octanol–water partition coefficient (Wildman–Crippen LogP) is 1.18. The number of ether oxygens (including phenoxy) is 1. The number of H-pyrrole nitrogens is 1. The van der Waals surface area contributed by atoms with Gasteiger partial charge in [-0.15, -0.1) is 0 Å². The number of nitrogens with one attached hydrogen (secondary N) is 2. The highest BCUT2D eigenvalue weighted by atomic mass is 16.5. The molecule has 0 saturated carbocycles. The summed E-state index contributed by atoms with van der Waals surface area (Å²) < 4.78 is 5.54. The minimum Gasteiger partial charge on any atom is -0.379 e. The Morgan fingerprint density at radius 2 is 2.27 bits per heavy atom. The number of amides is 1. The highest BCUT2D eigenvalue weighted by Crippen LogP contribution is 2.20. The summed E-state index contributed by atoms with van der Waals surface area (Å²) in [6.07, 6.45) is 1.74. The lowest BCUT2D eigenvalue weighted by molar-refractivity contribution is 0.0942. The molecule has 2 atom stereocenters. The fraction of sp³-hybridized carbons (Fsp3) is 0.500. The number of benzene rings is 1. The molecule has 118 valence electrons. The molecule has 22 heavy (non-hydrogen) atoms. The molecule has 0 bridgehead atoms. The van der Waals surface area contributed by atoms with Gasteiger partial charge in [0, 0.05) is 23.9 Å². The van der Waals surface area contributed by atoms with Crippen LogP contribution in [-0.2, 0) is 4.74 Å². The Kier molecular flexibility index (Phi) is 4.13. The summed E-state index contributed by atoms with van der Waals surface area (Å²) in [7, 11) is 4.09. The zero-order valence-corrected chi connectivity index (χ0v) is 13.2. The molecule has 2 N–H and O–H groups in total. The molecular formula is C16H22N4O2. The van der Waals surface area contributed by atoms with E-state index >= 15 is 0 Å². The highest BCUT2D eigenvalue weighted by Gasteiger charge is 2.30. The zero-order valence-electron chi connectivity index (χ0n) is 13.2. The zero-order chi connectivity index (χ0) is 15.7. The largest absolute Gasteiger partial charge is 0.379 e. The van der Waals surface area contributed by atoms with Gasteiger partial charge in [-0.2, -0.15) is 5.10 Å². The maximum absolute atomic E-state index is 12.5. The van der Waals surface area contributed by atoms with Crippen molar-refractivity contribution in [3.63, 3.8) is 0 Å². The van der Waals surface area contributed by atoms with Crippen molar-refractivity contribution in [1.29, 1.82) is 0 Å². The van der Waals surface area contributed by atoms with Gasteiger partial charge in [0.25, 0.3) is 5.91 Å². The van der Waals surface area contributed by atoms with Gasteiger partial charge in [-0.3, -0.25) is 9.89 Å². The van der Waals surface area contributed by atoms with E-state index in [0.29, 0.717) is 30.7 Å². The van der Waals surface area contributed by atoms with Gasteiger partial charge in [-0.25, -0.2) is 0 Å². The van der Waals surface area contributed by atoms with E-state index in [9.17, 15) is 4.79 Å². The molecular weight excluding hydrogens is 280 g/mol. The van der Waals surface area contributed by atoms with E-state index in [4.69, 9.17) is 4.74 Å². The number of carbonyl (C=O) groups is 1. The Balaban J connectivity index is 1.72. The summed E-state index contributed by atoms with van der Waals surface area (Å²) in [6, 6.07) is 4.26. The van der Waals surface area contributed by atoms with Crippen molar-refractivity contribution in [2.24, 2.45) is 5.92 Å². The fourth-order valence-corrected chi connectivity index (χ4v) is 3.06. The normalized spacial score (nSPS) is 21.6. The standard InChI is InChI=1S/C16H22N4O2/c1-10-4-11-7-18-19-15(11)13(5-10)16(21)17-6-12-8-22-9-14(12)20(2)3/h4-5,7,12,14H,6,8-9H2,1-3H3,(H,17,21)(H,18,19)/t12-,14-/m1/s1. The summed E-state index contributed by atoms with van der Waals surface area (Å²) in [6.45, 7) is 4.01. The molecule has 0 spiro atoms. The van der Waals surface area contributed by atoms with Crippen molar-refractivity contribution in [1.82, 2.24) is 20.4 Å². The molecule has 2 aromatic rings. The Bertz CT molecular complexity index is 680. The van der Waals surface area contributed by atoms with E-state index in [0.717, 1.165) is 23.1 Å². The first-order valence-corrected chi connectivity index (χ1v) is 7.52. The minimum absolute atomic E-state index is 0.0673. The number of rotatable bonds is 4. The van der Waals surface area contributed by atoms with Crippen LogP contribution in [0.2, 0.25) is 0 Å². The Morgan fingerprint density at radius 1 is 1.45 bits per heavy atom. The summed E-state index contributed by atoms with van der Waals surface area (Å²) in [4.78, 5) is 14.7. The molecule has 6 heteroatoms. The molecule has 1 amide bonds. The van der Waals surface area contributed by atoms with Crippen LogP contribution in [0.1, 0.15) is 15.9 Å². The van der Waals surface area contributed by atoms with Crippen molar-refractivity contribution >= 4 is 16.8 Å². The van der Waals surface area contributed by atoms with Crippen molar-refractivity contribution in [3.05, 3.63) is 29.5 Å². The Morgan fingerprint density at radius 3 is 3.05 bits per heavy atom. The van der Waals surface area contributed by atoms with Crippen LogP contribution in [0, 0.1) is 12.8 Å². The van der Waals surface area contributed by atoms with E-state index in [-0.39, 0.29) is 5.91 Å². The van der Waals surface area contributed by atoms with Crippen molar-refractivity contribution in [2.45, 2.75) is 13.0 Å². The van der Waals surface area contributed by atoms with Crippen LogP contribution in [0.4, 0.5) is 0 Å². The van der Waals surface area contributed by atoms with E-state index in [2.05, 4.69) is 20.4 Å². The fourth-order valence-electron chi connectivity index (χ4n) is 3.06. The summed E-state index contributed by atoms with van der Waals surface area (Å²) in [5.74, 6) is 0.253. The first kappa shape index (κ1) is 15.0. The number of nitrogens with zero attached hydrogens (tertiary/aromatic N) is 2. The van der Waals surface area contributed by atoms with Crippen LogP contribution in [0.5, 0.6) is 0 Å². The van der Waals surface area contributed by atoms with Crippen molar-refractivity contribution in [3.8, 4) is 0 Å². The third-order valence-corrected chi connectivity index (χ3v) is 4.29. The van der Waals surface area contributed by atoms with Gasteiger partial charge in [0.15, 0.2) is 0 Å². The number of likely N-dealkylation sites (N-methyl/N-ethyl adjacent to an activating group) is 1. The number of hydrogen-bond acceptors (Lipinski definition) is 4. The summed E-state index contributed by atoms with van der Waals surface area (Å²) in [5.41, 5.74) is 2.48. The lowest BCUT2D eigenvalue weighted by Gasteiger charge is -2.24. The monoisotopic (exact) mass is 302 g/mol. The first-order valence-electron chi connectivity index (χ1n) is 7.52. The molecule has 1 aromatic carbocycles. The SMILES string of the molecule is Cc1cc(C(=O)NC[C@@H]2COC[C@H]2N(C)C)c2[nH]ncc2c1. The lowest BCUT2D eigenvalue weighted by atomic mass is 10.0. The predicted molar refractivity (Wildman–Crippen MR) is 84.9 cm³/mol. The molecule has 1 aliphatic rings. The van der Waals surface area contributed by atoms with Crippen LogP contribution >= 0.6 is 0 Å². The quantitative estimate of drug-likeness (QED) is 0.890. The minimum atomic E-state index is -0.0673. The number of fused-ring (bicyclic) bond motifs is 1. The number of aromatic amines is 1. The number of hydrogen-bond donors (Lipinski definition) is 2. The van der Waals surface area contributed by atoms with Gasteiger partial charge in [0.05, 0.1) is 30.5 Å². The van der Waals surface area contributed by atoms with Crippen LogP contribution in [0.15, 0.2) is 18.3 Å². The number of aromatic nitrogens is 2. The van der Waals surface area contributed by atoms with Gasteiger partial charge in [0.1, 0.15) is 0 Å². The van der Waals surface area contributed by atoms with Crippen LogP contribution in [0.25, 0.3) is 10.9 Å². The van der Waals surface area contributed by atoms with E-state index in [1.807, 2.05) is 33.2 Å². The Hall–Kier alpha value is -1.92. The molecule has 1 fully saturated rings. The molecule has 3 rings (SSSR count). The van der Waals surface area contributed by atoms with E-state index < -0.39 is 0 Å². The summed E-state index contributed by atoms with van der Waals surface area (Å²) >= 11 is 0. The van der Waals surface area contributed by atoms with Gasteiger partial charge in [0.2, 0.25) is 0 Å². The van der Waals surface area contributed by atoms with Gasteiger partial charge in [-0.05, 0) is 38.7 Å². The molecule has 1 aliphatic heterocycles. The molecule has 1 saturated heterocycles.